The molecule has 0 fully saturated rings. The minimum Gasteiger partial charge on any atom is -0.222 e. The van der Waals surface area contributed by atoms with Crippen LogP contribution in [0.4, 0.5) is 0 Å². The summed E-state index contributed by atoms with van der Waals surface area (Å²) in [6.07, 6.45) is 22.0. The Hall–Kier alpha value is -1.50. The SMILES string of the molecule is C=CCCCCCCCCCCCCCC.N=C=O.N=C=O. The molecule has 0 spiro atoms. The number of hydrogen-bond acceptors (Lipinski definition) is 4. The number of rotatable bonds is 13. The maximum absolute atomic E-state index is 8.35. The van der Waals surface area contributed by atoms with E-state index in [0.29, 0.717) is 0 Å². The second kappa shape index (κ2) is 31.7. The van der Waals surface area contributed by atoms with Crippen molar-refractivity contribution in [3.63, 3.8) is 0 Å². The van der Waals surface area contributed by atoms with Gasteiger partial charge in [-0.1, -0.05) is 83.6 Å². The van der Waals surface area contributed by atoms with Crippen LogP contribution in [0.15, 0.2) is 12.7 Å². The molecule has 2 N–H and O–H groups in total. The highest BCUT2D eigenvalue weighted by Gasteiger charge is 1.92. The standard InChI is InChI=1S/C16H32.2CHNO/c1-3-5-7-9-11-13-15-16-14-12-10-8-6-4-2;2*2-1-3/h3H,1,4-16H2,2H3;2*2H. The number of isocyanates is 2. The molecule has 0 aliphatic heterocycles. The predicted octanol–water partition coefficient (Wildman–Crippen LogP) is 6.07. The molecule has 0 saturated heterocycles. The molecule has 0 amide bonds. The first-order chi connectivity index (χ1) is 10.7. The third-order valence-electron chi connectivity index (χ3n) is 3.26. The minimum absolute atomic E-state index is 0.750. The number of nitrogens with one attached hydrogen (secondary N) is 2. The zero-order valence-electron chi connectivity index (χ0n) is 14.3. The highest BCUT2D eigenvalue weighted by atomic mass is 16.1. The second-order valence-electron chi connectivity index (χ2n) is 5.17. The van der Waals surface area contributed by atoms with Crippen molar-refractivity contribution < 1.29 is 9.59 Å². The lowest BCUT2D eigenvalue weighted by atomic mass is 10.0. The molecule has 22 heavy (non-hydrogen) atoms. The van der Waals surface area contributed by atoms with Crippen LogP contribution in [0, 0.1) is 10.8 Å². The van der Waals surface area contributed by atoms with Crippen LogP contribution in [-0.4, -0.2) is 12.2 Å². The van der Waals surface area contributed by atoms with E-state index in [0.717, 1.165) is 12.2 Å². The molecular formula is C18H34N2O2. The second-order valence-corrected chi connectivity index (χ2v) is 5.17. The summed E-state index contributed by atoms with van der Waals surface area (Å²) >= 11 is 0. The van der Waals surface area contributed by atoms with Gasteiger partial charge in [0.05, 0.1) is 0 Å². The van der Waals surface area contributed by atoms with Crippen molar-refractivity contribution in [3.05, 3.63) is 12.7 Å². The van der Waals surface area contributed by atoms with Gasteiger partial charge >= 0.3 is 0 Å². The fraction of sp³-hybridized carbons (Fsp3) is 0.778. The molecular weight excluding hydrogens is 276 g/mol. The molecule has 128 valence electrons. The normalized spacial score (nSPS) is 8.41. The van der Waals surface area contributed by atoms with Crippen molar-refractivity contribution in [2.24, 2.45) is 0 Å². The summed E-state index contributed by atoms with van der Waals surface area (Å²) in [6.45, 7) is 6.03. The molecule has 0 aromatic heterocycles. The highest BCUT2D eigenvalue weighted by molar-refractivity contribution is 5.26. The molecule has 0 unspecified atom stereocenters. The van der Waals surface area contributed by atoms with Crippen molar-refractivity contribution in [1.82, 2.24) is 0 Å². The van der Waals surface area contributed by atoms with E-state index >= 15 is 0 Å². The van der Waals surface area contributed by atoms with E-state index in [9.17, 15) is 0 Å². The Morgan fingerprint density at radius 3 is 1.27 bits per heavy atom. The lowest BCUT2D eigenvalue weighted by Gasteiger charge is -2.02. The van der Waals surface area contributed by atoms with Gasteiger partial charge in [-0.3, -0.25) is 0 Å². The zero-order chi connectivity index (χ0) is 17.3. The molecule has 4 nitrogen and oxygen atoms in total. The Kier molecular flexibility index (Phi) is 36.7. The Bertz CT molecular complexity index is 254. The lowest BCUT2D eigenvalue weighted by molar-refractivity contribution is 0.545. The first-order valence-electron chi connectivity index (χ1n) is 8.43. The van der Waals surface area contributed by atoms with Crippen molar-refractivity contribution >= 4 is 12.2 Å². The molecule has 0 aliphatic rings. The summed E-state index contributed by atoms with van der Waals surface area (Å²) in [4.78, 5) is 16.7. The first kappa shape index (κ1) is 25.5. The fourth-order valence-corrected chi connectivity index (χ4v) is 2.13. The van der Waals surface area contributed by atoms with Crippen LogP contribution in [0.3, 0.4) is 0 Å². The topological polar surface area (TPSA) is 81.8 Å². The van der Waals surface area contributed by atoms with Crippen molar-refractivity contribution in [2.75, 3.05) is 0 Å². The van der Waals surface area contributed by atoms with Gasteiger partial charge in [0.15, 0.2) is 0 Å². The summed E-state index contributed by atoms with van der Waals surface area (Å²) in [5.41, 5.74) is 0. The Balaban J connectivity index is -0.000000515. The summed E-state index contributed by atoms with van der Waals surface area (Å²) < 4.78 is 0. The van der Waals surface area contributed by atoms with E-state index < -0.39 is 0 Å². The highest BCUT2D eigenvalue weighted by Crippen LogP contribution is 2.12. The molecule has 0 aromatic rings. The third kappa shape index (κ3) is 42.8. The molecule has 0 radical (unpaired) electrons. The van der Waals surface area contributed by atoms with Crippen molar-refractivity contribution in [3.8, 4) is 0 Å². The molecule has 4 heteroatoms. The number of carbonyl (C=O) groups excluding carboxylic acids is 2. The van der Waals surface area contributed by atoms with Crippen LogP contribution in [0.2, 0.25) is 0 Å². The van der Waals surface area contributed by atoms with Gasteiger partial charge in [0.25, 0.3) is 0 Å². The van der Waals surface area contributed by atoms with Crippen LogP contribution in [-0.2, 0) is 9.59 Å². The van der Waals surface area contributed by atoms with Crippen LogP contribution >= 0.6 is 0 Å². The monoisotopic (exact) mass is 310 g/mol. The smallest absolute Gasteiger partial charge is 0.222 e. The molecule has 0 saturated carbocycles. The summed E-state index contributed by atoms with van der Waals surface area (Å²) in [6, 6.07) is 0. The van der Waals surface area contributed by atoms with Gasteiger partial charge in [0.2, 0.25) is 12.2 Å². The van der Waals surface area contributed by atoms with Crippen LogP contribution in [0.5, 0.6) is 0 Å². The van der Waals surface area contributed by atoms with E-state index in [1.54, 1.807) is 0 Å². The van der Waals surface area contributed by atoms with E-state index in [1.807, 2.05) is 6.08 Å². The van der Waals surface area contributed by atoms with Gasteiger partial charge in [0, 0.05) is 0 Å². The van der Waals surface area contributed by atoms with Crippen LogP contribution in [0.25, 0.3) is 0 Å². The fourth-order valence-electron chi connectivity index (χ4n) is 2.13. The van der Waals surface area contributed by atoms with Gasteiger partial charge in [-0.15, -0.1) is 6.58 Å². The van der Waals surface area contributed by atoms with Gasteiger partial charge in [-0.05, 0) is 12.8 Å². The van der Waals surface area contributed by atoms with E-state index in [1.165, 1.54) is 83.5 Å². The Morgan fingerprint density at radius 1 is 0.727 bits per heavy atom. The van der Waals surface area contributed by atoms with E-state index in [-0.39, 0.29) is 0 Å². The van der Waals surface area contributed by atoms with Gasteiger partial charge in [-0.25, -0.2) is 20.4 Å². The maximum atomic E-state index is 8.35. The maximum Gasteiger partial charge on any atom is 0.231 e. The molecule has 0 atom stereocenters. The predicted molar refractivity (Wildman–Crippen MR) is 92.7 cm³/mol. The number of hydrogen-bond donors (Lipinski definition) is 2. The van der Waals surface area contributed by atoms with Crippen LogP contribution in [0.1, 0.15) is 90.4 Å². The lowest BCUT2D eigenvalue weighted by Crippen LogP contribution is -1.82. The summed E-state index contributed by atoms with van der Waals surface area (Å²) in [5, 5.41) is 10.8. The molecule has 0 aromatic carbocycles. The zero-order valence-corrected chi connectivity index (χ0v) is 14.3. The molecule has 0 rings (SSSR count). The minimum atomic E-state index is 0.750. The number of unbranched alkanes of at least 4 members (excludes halogenated alkanes) is 12. The van der Waals surface area contributed by atoms with Gasteiger partial charge in [0.1, 0.15) is 0 Å². The summed E-state index contributed by atoms with van der Waals surface area (Å²) in [7, 11) is 0. The third-order valence-corrected chi connectivity index (χ3v) is 3.26. The average Bonchev–Trinajstić information content (AvgIpc) is 2.50. The summed E-state index contributed by atoms with van der Waals surface area (Å²) in [5.74, 6) is 0. The molecule has 0 heterocycles. The largest absolute Gasteiger partial charge is 0.231 e. The van der Waals surface area contributed by atoms with Crippen molar-refractivity contribution in [1.29, 1.82) is 10.8 Å². The van der Waals surface area contributed by atoms with Gasteiger partial charge < -0.3 is 0 Å². The molecule has 0 aliphatic carbocycles. The van der Waals surface area contributed by atoms with E-state index in [4.69, 9.17) is 20.4 Å². The average molecular weight is 310 g/mol. The Morgan fingerprint density at radius 2 is 1.00 bits per heavy atom. The first-order valence-corrected chi connectivity index (χ1v) is 8.43. The van der Waals surface area contributed by atoms with E-state index in [2.05, 4.69) is 13.5 Å². The quantitative estimate of drug-likeness (QED) is 0.187. The van der Waals surface area contributed by atoms with Gasteiger partial charge in [-0.2, -0.15) is 0 Å². The van der Waals surface area contributed by atoms with Crippen LogP contribution < -0.4 is 0 Å². The molecule has 0 bridgehead atoms. The Labute approximate surface area is 136 Å². The number of allylic oxidation sites excluding steroid dienone is 1. The van der Waals surface area contributed by atoms with Crippen molar-refractivity contribution in [2.45, 2.75) is 90.4 Å².